The van der Waals surface area contributed by atoms with E-state index < -0.39 is 0 Å². The van der Waals surface area contributed by atoms with E-state index in [4.69, 9.17) is 0 Å². The highest BCUT2D eigenvalue weighted by atomic mass is 16.3. The lowest BCUT2D eigenvalue weighted by Gasteiger charge is -2.09. The van der Waals surface area contributed by atoms with E-state index in [1.54, 1.807) is 0 Å². The molecule has 0 amide bonds. The number of aliphatic hydroxyl groups is 1. The maximum absolute atomic E-state index is 9.53. The average Bonchev–Trinajstić information content (AvgIpc) is 2.62. The first-order chi connectivity index (χ1) is 7.81. The van der Waals surface area contributed by atoms with Crippen LogP contribution in [0, 0.1) is 6.92 Å². The number of rotatable bonds is 1. The van der Waals surface area contributed by atoms with Gasteiger partial charge < -0.3 is 5.11 Å². The molecule has 1 nitrogen and oxygen atoms in total. The van der Waals surface area contributed by atoms with Crippen molar-refractivity contribution in [3.63, 3.8) is 0 Å². The van der Waals surface area contributed by atoms with Crippen molar-refractivity contribution in [3.05, 3.63) is 59.2 Å². The van der Waals surface area contributed by atoms with E-state index in [2.05, 4.69) is 43.3 Å². The second-order valence-electron chi connectivity index (χ2n) is 4.41. The Kier molecular flexibility index (Phi) is 2.08. The summed E-state index contributed by atoms with van der Waals surface area (Å²) in [6, 6.07) is 14.8. The third kappa shape index (κ3) is 1.22. The van der Waals surface area contributed by atoms with Gasteiger partial charge in [0.25, 0.3) is 0 Å². The fourth-order valence-corrected chi connectivity index (χ4v) is 2.62. The van der Waals surface area contributed by atoms with Gasteiger partial charge in [0.1, 0.15) is 0 Å². The predicted molar refractivity (Wildman–Crippen MR) is 65.5 cm³/mol. The fourth-order valence-electron chi connectivity index (χ4n) is 2.62. The van der Waals surface area contributed by atoms with Crippen LogP contribution < -0.4 is 0 Å². The zero-order chi connectivity index (χ0) is 11.1. The van der Waals surface area contributed by atoms with Crippen LogP contribution in [0.15, 0.2) is 42.5 Å². The summed E-state index contributed by atoms with van der Waals surface area (Å²) in [6.45, 7) is 2.29. The number of fused-ring (bicyclic) bond motifs is 3. The van der Waals surface area contributed by atoms with Crippen LogP contribution in [0.1, 0.15) is 22.6 Å². The third-order valence-electron chi connectivity index (χ3n) is 3.39. The summed E-state index contributed by atoms with van der Waals surface area (Å²) in [5.74, 6) is 0.159. The minimum Gasteiger partial charge on any atom is -0.395 e. The minimum absolute atomic E-state index is 0.159. The van der Waals surface area contributed by atoms with Crippen LogP contribution in [-0.4, -0.2) is 11.7 Å². The average molecular weight is 210 g/mol. The van der Waals surface area contributed by atoms with Crippen molar-refractivity contribution >= 4 is 0 Å². The molecule has 16 heavy (non-hydrogen) atoms. The molecule has 0 aromatic heterocycles. The molecule has 0 spiro atoms. The van der Waals surface area contributed by atoms with Gasteiger partial charge in [-0.3, -0.25) is 0 Å². The van der Waals surface area contributed by atoms with Crippen molar-refractivity contribution in [2.24, 2.45) is 0 Å². The number of aryl methyl sites for hydroxylation is 1. The lowest BCUT2D eigenvalue weighted by Crippen LogP contribution is -2.01. The second-order valence-corrected chi connectivity index (χ2v) is 4.41. The summed E-state index contributed by atoms with van der Waals surface area (Å²) < 4.78 is 0. The third-order valence-corrected chi connectivity index (χ3v) is 3.39. The van der Waals surface area contributed by atoms with Crippen LogP contribution in [0.25, 0.3) is 11.1 Å². The molecule has 0 bridgehead atoms. The van der Waals surface area contributed by atoms with E-state index in [0.717, 1.165) is 0 Å². The van der Waals surface area contributed by atoms with Gasteiger partial charge in [-0.1, -0.05) is 48.0 Å². The number of hydrogen-bond donors (Lipinski definition) is 1. The summed E-state index contributed by atoms with van der Waals surface area (Å²) in [6.07, 6.45) is 0. The van der Waals surface area contributed by atoms with E-state index in [0.29, 0.717) is 0 Å². The van der Waals surface area contributed by atoms with Crippen molar-refractivity contribution in [2.45, 2.75) is 12.8 Å². The number of benzene rings is 2. The van der Waals surface area contributed by atoms with Gasteiger partial charge in [-0.05, 0) is 29.2 Å². The van der Waals surface area contributed by atoms with E-state index >= 15 is 0 Å². The molecule has 2 aromatic carbocycles. The maximum Gasteiger partial charge on any atom is 0.0540 e. The van der Waals surface area contributed by atoms with Gasteiger partial charge in [-0.2, -0.15) is 0 Å². The van der Waals surface area contributed by atoms with E-state index in [-0.39, 0.29) is 12.5 Å². The molecular weight excluding hydrogens is 196 g/mol. The molecule has 1 N–H and O–H groups in total. The van der Waals surface area contributed by atoms with Crippen LogP contribution in [0.3, 0.4) is 0 Å². The smallest absolute Gasteiger partial charge is 0.0540 e. The first kappa shape index (κ1) is 9.61. The fraction of sp³-hybridized carbons (Fsp3) is 0.200. The summed E-state index contributed by atoms with van der Waals surface area (Å²) in [5, 5.41) is 9.53. The quantitative estimate of drug-likeness (QED) is 0.766. The molecule has 80 valence electrons. The van der Waals surface area contributed by atoms with Gasteiger partial charge in [-0.25, -0.2) is 0 Å². The van der Waals surface area contributed by atoms with E-state index in [1.165, 1.54) is 27.8 Å². The molecule has 0 fully saturated rings. The molecule has 2 aromatic rings. The SMILES string of the molecule is Cc1ccc2c(c1)-c1ccccc1C2CO. The van der Waals surface area contributed by atoms with Crippen LogP contribution in [-0.2, 0) is 0 Å². The normalized spacial score (nSPS) is 17.0. The Balaban J connectivity index is 2.30. The van der Waals surface area contributed by atoms with Crippen LogP contribution in [0.4, 0.5) is 0 Å². The highest BCUT2D eigenvalue weighted by Gasteiger charge is 2.27. The molecule has 0 radical (unpaired) electrons. The molecule has 1 aliphatic carbocycles. The van der Waals surface area contributed by atoms with Gasteiger partial charge in [0.15, 0.2) is 0 Å². The molecule has 1 unspecified atom stereocenters. The standard InChI is InChI=1S/C15H14O/c1-10-6-7-13-14(8-10)11-4-2-3-5-12(11)15(13)9-16/h2-8,15-16H,9H2,1H3. The van der Waals surface area contributed by atoms with Crippen molar-refractivity contribution < 1.29 is 5.11 Å². The Bertz CT molecular complexity index is 543. The monoisotopic (exact) mass is 210 g/mol. The summed E-state index contributed by atoms with van der Waals surface area (Å²) in [5.41, 5.74) is 6.35. The maximum atomic E-state index is 9.53. The largest absolute Gasteiger partial charge is 0.395 e. The van der Waals surface area contributed by atoms with Crippen LogP contribution in [0.5, 0.6) is 0 Å². The molecule has 1 heteroatoms. The van der Waals surface area contributed by atoms with Crippen molar-refractivity contribution in [2.75, 3.05) is 6.61 Å². The summed E-state index contributed by atoms with van der Waals surface area (Å²) >= 11 is 0. The molecule has 0 aliphatic heterocycles. The molecule has 1 atom stereocenters. The topological polar surface area (TPSA) is 20.2 Å². The molecule has 0 saturated carbocycles. The summed E-state index contributed by atoms with van der Waals surface area (Å²) in [4.78, 5) is 0. The molecule has 1 aliphatic rings. The minimum atomic E-state index is 0.159. The lowest BCUT2D eigenvalue weighted by molar-refractivity contribution is 0.282. The van der Waals surface area contributed by atoms with E-state index in [1.807, 2.05) is 6.07 Å². The highest BCUT2D eigenvalue weighted by Crippen LogP contribution is 2.44. The zero-order valence-electron chi connectivity index (χ0n) is 9.27. The predicted octanol–water partition coefficient (Wildman–Crippen LogP) is 3.10. The Labute approximate surface area is 95.4 Å². The van der Waals surface area contributed by atoms with Crippen molar-refractivity contribution in [3.8, 4) is 11.1 Å². The van der Waals surface area contributed by atoms with Crippen LogP contribution in [0.2, 0.25) is 0 Å². The Morgan fingerprint density at radius 3 is 2.56 bits per heavy atom. The second kappa shape index (κ2) is 3.46. The van der Waals surface area contributed by atoms with Gasteiger partial charge >= 0.3 is 0 Å². The van der Waals surface area contributed by atoms with Gasteiger partial charge in [0.2, 0.25) is 0 Å². The van der Waals surface area contributed by atoms with Gasteiger partial charge in [0, 0.05) is 5.92 Å². The molecule has 0 heterocycles. The Hall–Kier alpha value is -1.60. The van der Waals surface area contributed by atoms with Gasteiger partial charge in [0.05, 0.1) is 6.61 Å². The van der Waals surface area contributed by atoms with Gasteiger partial charge in [-0.15, -0.1) is 0 Å². The van der Waals surface area contributed by atoms with Crippen molar-refractivity contribution in [1.82, 2.24) is 0 Å². The Morgan fingerprint density at radius 1 is 1.00 bits per heavy atom. The number of hydrogen-bond acceptors (Lipinski definition) is 1. The van der Waals surface area contributed by atoms with Crippen LogP contribution >= 0.6 is 0 Å². The lowest BCUT2D eigenvalue weighted by atomic mass is 9.97. The number of aliphatic hydroxyl groups excluding tert-OH is 1. The van der Waals surface area contributed by atoms with Crippen molar-refractivity contribution in [1.29, 1.82) is 0 Å². The first-order valence-corrected chi connectivity index (χ1v) is 5.62. The molecular formula is C15H14O. The molecule has 0 saturated heterocycles. The zero-order valence-corrected chi connectivity index (χ0v) is 9.27. The van der Waals surface area contributed by atoms with E-state index in [9.17, 15) is 5.11 Å². The highest BCUT2D eigenvalue weighted by molar-refractivity contribution is 5.79. The first-order valence-electron chi connectivity index (χ1n) is 5.62. The molecule has 3 rings (SSSR count). The Morgan fingerprint density at radius 2 is 1.75 bits per heavy atom. The summed E-state index contributed by atoms with van der Waals surface area (Å²) in [7, 11) is 0.